The predicted octanol–water partition coefficient (Wildman–Crippen LogP) is 11.6. The summed E-state index contributed by atoms with van der Waals surface area (Å²) >= 11 is 1.82. The van der Waals surface area contributed by atoms with Gasteiger partial charge in [-0.15, -0.1) is 0 Å². The van der Waals surface area contributed by atoms with Crippen LogP contribution in [0.15, 0.2) is 177 Å². The van der Waals surface area contributed by atoms with E-state index in [-0.39, 0.29) is 6.04 Å². The van der Waals surface area contributed by atoms with Gasteiger partial charge in [0.25, 0.3) is 0 Å². The van der Waals surface area contributed by atoms with Crippen LogP contribution in [0.2, 0.25) is 0 Å². The number of aliphatic imine (C=N–C) groups is 1. The maximum absolute atomic E-state index is 6.75. The van der Waals surface area contributed by atoms with Gasteiger partial charge < -0.3 is 9.73 Å². The van der Waals surface area contributed by atoms with E-state index >= 15 is 0 Å². The highest BCUT2D eigenvalue weighted by molar-refractivity contribution is 8.03. The normalized spacial score (nSPS) is 15.4. The topological polar surface area (TPSA) is 37.5 Å². The molecule has 1 aromatic heterocycles. The lowest BCUT2D eigenvalue weighted by Crippen LogP contribution is -2.32. The summed E-state index contributed by atoms with van der Waals surface area (Å²) in [6, 6.07) is 56.0. The molecule has 0 saturated carbocycles. The summed E-state index contributed by atoms with van der Waals surface area (Å²) in [6.45, 7) is 0. The minimum absolute atomic E-state index is 0.0397. The molecule has 1 unspecified atom stereocenters. The number of hydrogen-bond acceptors (Lipinski definition) is 4. The van der Waals surface area contributed by atoms with Crippen molar-refractivity contribution in [2.45, 2.75) is 10.9 Å². The smallest absolute Gasteiger partial charge is 0.143 e. The molecule has 4 heteroatoms. The van der Waals surface area contributed by atoms with Crippen LogP contribution in [-0.4, -0.2) is 5.84 Å². The van der Waals surface area contributed by atoms with E-state index in [2.05, 4.69) is 157 Å². The summed E-state index contributed by atoms with van der Waals surface area (Å²) in [5, 5.41) is 8.38. The quantitative estimate of drug-likeness (QED) is 0.210. The average Bonchev–Trinajstić information content (AvgIpc) is 3.73. The first kappa shape index (κ1) is 27.3. The first-order valence-corrected chi connectivity index (χ1v) is 17.1. The van der Waals surface area contributed by atoms with Gasteiger partial charge in [-0.1, -0.05) is 145 Å². The molecular formula is C44H28N2OS. The van der Waals surface area contributed by atoms with Gasteiger partial charge in [0.05, 0.1) is 11.7 Å². The van der Waals surface area contributed by atoms with E-state index in [1.165, 1.54) is 37.3 Å². The number of thioether (sulfide) groups is 1. The summed E-state index contributed by atoms with van der Waals surface area (Å²) in [5.74, 6) is 0.883. The van der Waals surface area contributed by atoms with Gasteiger partial charge in [0.15, 0.2) is 0 Å². The van der Waals surface area contributed by atoms with Crippen molar-refractivity contribution in [3.8, 4) is 22.3 Å². The van der Waals surface area contributed by atoms with Crippen molar-refractivity contribution < 1.29 is 4.42 Å². The van der Waals surface area contributed by atoms with Crippen LogP contribution in [0.3, 0.4) is 0 Å². The summed E-state index contributed by atoms with van der Waals surface area (Å²) in [6.07, 6.45) is 0. The van der Waals surface area contributed by atoms with E-state index in [4.69, 9.17) is 9.41 Å². The zero-order valence-electron chi connectivity index (χ0n) is 25.9. The van der Waals surface area contributed by atoms with E-state index in [9.17, 15) is 0 Å². The predicted molar refractivity (Wildman–Crippen MR) is 200 cm³/mol. The molecule has 0 spiro atoms. The van der Waals surface area contributed by atoms with Gasteiger partial charge in [0.1, 0.15) is 17.0 Å². The Hall–Kier alpha value is -5.84. The number of furan rings is 1. The molecule has 48 heavy (non-hydrogen) atoms. The highest BCUT2D eigenvalue weighted by atomic mass is 32.2. The summed E-state index contributed by atoms with van der Waals surface area (Å²) < 4.78 is 6.75. The lowest BCUT2D eigenvalue weighted by molar-refractivity contribution is 0.670. The van der Waals surface area contributed by atoms with Crippen LogP contribution in [0.1, 0.15) is 22.7 Å². The molecule has 0 radical (unpaired) electrons. The van der Waals surface area contributed by atoms with E-state index in [1.807, 2.05) is 17.8 Å². The van der Waals surface area contributed by atoms with Gasteiger partial charge in [-0.25, -0.2) is 4.99 Å². The molecule has 10 rings (SSSR count). The van der Waals surface area contributed by atoms with Gasteiger partial charge >= 0.3 is 0 Å². The lowest BCUT2D eigenvalue weighted by atomic mass is 9.95. The SMILES string of the molecule is c1ccc(C2=NC(c3cccc4oc5c(-c6ccc7cc(-c8ccccc8)ccc7c6)cccc5c34)=C3Sc4ccccc4C3N2)cc1. The standard InChI is InChI=1S/C44H28N2OS/c1-3-11-27(12-4-1)29-21-22-31-26-32(24-23-30(31)25-29)33-16-9-18-36-39-35(17-10-19-37(39)47-42(33)36)41-43-40(34-15-7-8-20-38(34)48-43)45-44(46-41)28-13-5-2-6-14-28/h1-26,40H,(H,45,46). The maximum atomic E-state index is 6.75. The minimum Gasteiger partial charge on any atom is -0.455 e. The zero-order valence-corrected chi connectivity index (χ0v) is 26.7. The lowest BCUT2D eigenvalue weighted by Gasteiger charge is -2.25. The van der Waals surface area contributed by atoms with Crippen LogP contribution in [0.5, 0.6) is 0 Å². The molecule has 1 atom stereocenters. The Morgan fingerprint density at radius 3 is 2.08 bits per heavy atom. The second-order valence-electron chi connectivity index (χ2n) is 12.4. The monoisotopic (exact) mass is 632 g/mol. The Labute approximate surface area is 282 Å². The Bertz CT molecular complexity index is 2620. The number of rotatable bonds is 4. The number of benzene rings is 7. The fourth-order valence-electron chi connectivity index (χ4n) is 7.23. The number of nitrogens with one attached hydrogen (secondary N) is 1. The molecule has 226 valence electrons. The van der Waals surface area contributed by atoms with E-state index < -0.39 is 0 Å². The third-order valence-corrected chi connectivity index (χ3v) is 10.8. The number of nitrogens with zero attached hydrogens (tertiary/aromatic N) is 1. The number of fused-ring (bicyclic) bond motifs is 7. The van der Waals surface area contributed by atoms with Crippen LogP contribution >= 0.6 is 11.8 Å². The van der Waals surface area contributed by atoms with Crippen LogP contribution in [0, 0.1) is 0 Å². The van der Waals surface area contributed by atoms with Crippen molar-refractivity contribution in [1.29, 1.82) is 0 Å². The van der Waals surface area contributed by atoms with Gasteiger partial charge in [-0.05, 0) is 57.3 Å². The van der Waals surface area contributed by atoms with Crippen LogP contribution < -0.4 is 5.32 Å². The largest absolute Gasteiger partial charge is 0.455 e. The fraction of sp³-hybridized carbons (Fsp3) is 0.0227. The molecule has 2 aliphatic heterocycles. The molecular weight excluding hydrogens is 605 g/mol. The molecule has 0 aliphatic carbocycles. The Kier molecular flexibility index (Phi) is 6.18. The molecule has 3 nitrogen and oxygen atoms in total. The van der Waals surface area contributed by atoms with Crippen LogP contribution in [0.25, 0.3) is 60.7 Å². The molecule has 0 saturated heterocycles. The fourth-order valence-corrected chi connectivity index (χ4v) is 8.47. The number of hydrogen-bond donors (Lipinski definition) is 1. The summed E-state index contributed by atoms with van der Waals surface area (Å²) in [7, 11) is 0. The highest BCUT2D eigenvalue weighted by Gasteiger charge is 2.35. The first-order valence-electron chi connectivity index (χ1n) is 16.2. The molecule has 2 aliphatic rings. The zero-order chi connectivity index (χ0) is 31.6. The van der Waals surface area contributed by atoms with Crippen molar-refractivity contribution in [2.75, 3.05) is 0 Å². The van der Waals surface area contributed by atoms with Gasteiger partial charge in [-0.3, -0.25) is 0 Å². The molecule has 0 amide bonds. The third-order valence-electron chi connectivity index (χ3n) is 9.53. The van der Waals surface area contributed by atoms with E-state index in [0.29, 0.717) is 0 Å². The van der Waals surface area contributed by atoms with Crippen LogP contribution in [-0.2, 0) is 0 Å². The third kappa shape index (κ3) is 4.34. The molecule has 1 N–H and O–H groups in total. The van der Waals surface area contributed by atoms with Gasteiger partial charge in [0.2, 0.25) is 0 Å². The Morgan fingerprint density at radius 1 is 0.562 bits per heavy atom. The Morgan fingerprint density at radius 2 is 1.25 bits per heavy atom. The van der Waals surface area contributed by atoms with Gasteiger partial charge in [-0.2, -0.15) is 0 Å². The molecule has 0 bridgehead atoms. The van der Waals surface area contributed by atoms with Crippen LogP contribution in [0.4, 0.5) is 0 Å². The van der Waals surface area contributed by atoms with Crippen molar-refractivity contribution >= 4 is 56.0 Å². The average molecular weight is 633 g/mol. The Balaban J connectivity index is 1.14. The first-order chi connectivity index (χ1) is 23.8. The molecule has 8 aromatic rings. The number of amidine groups is 1. The summed E-state index contributed by atoms with van der Waals surface area (Å²) in [5.41, 5.74) is 10.9. The molecule has 7 aromatic carbocycles. The van der Waals surface area contributed by atoms with Crippen molar-refractivity contribution in [1.82, 2.24) is 5.32 Å². The molecule has 3 heterocycles. The number of para-hydroxylation sites is 1. The highest BCUT2D eigenvalue weighted by Crippen LogP contribution is 2.53. The van der Waals surface area contributed by atoms with Crippen molar-refractivity contribution in [3.05, 3.63) is 179 Å². The summed E-state index contributed by atoms with van der Waals surface area (Å²) in [4.78, 5) is 7.84. The van der Waals surface area contributed by atoms with E-state index in [0.717, 1.165) is 55.7 Å². The van der Waals surface area contributed by atoms with E-state index in [1.54, 1.807) is 0 Å². The van der Waals surface area contributed by atoms with Crippen molar-refractivity contribution in [3.63, 3.8) is 0 Å². The minimum atomic E-state index is 0.0397. The molecule has 0 fully saturated rings. The second-order valence-corrected chi connectivity index (χ2v) is 13.4. The maximum Gasteiger partial charge on any atom is 0.143 e. The van der Waals surface area contributed by atoms with Crippen molar-refractivity contribution in [2.24, 2.45) is 4.99 Å². The second kappa shape index (κ2) is 10.9. The van der Waals surface area contributed by atoms with Gasteiger partial charge in [0, 0.05) is 37.3 Å².